The van der Waals surface area contributed by atoms with Crippen molar-refractivity contribution in [3.8, 4) is 0 Å². The Morgan fingerprint density at radius 3 is 2.65 bits per heavy atom. The topological polar surface area (TPSA) is 32.3 Å². The van der Waals surface area contributed by atoms with Gasteiger partial charge in [0.15, 0.2) is 0 Å². The predicted octanol–water partition coefficient (Wildman–Crippen LogP) is 4.59. The smallest absolute Gasteiger partial charge is 0.241 e. The molecule has 0 fully saturated rings. The van der Waals surface area contributed by atoms with Gasteiger partial charge in [-0.3, -0.25) is 9.69 Å². The summed E-state index contributed by atoms with van der Waals surface area (Å²) < 4.78 is 13.0. The van der Waals surface area contributed by atoms with Crippen LogP contribution in [0, 0.1) is 5.82 Å². The van der Waals surface area contributed by atoms with Crippen molar-refractivity contribution >= 4 is 34.8 Å². The second-order valence-electron chi connectivity index (χ2n) is 5.33. The van der Waals surface area contributed by atoms with Gasteiger partial charge < -0.3 is 5.32 Å². The summed E-state index contributed by atoms with van der Waals surface area (Å²) in [5, 5.41) is 3.54. The van der Waals surface area contributed by atoms with E-state index in [4.69, 9.17) is 23.2 Å². The summed E-state index contributed by atoms with van der Waals surface area (Å²) in [5.41, 5.74) is 1.40. The molecule has 0 bridgehead atoms. The number of benzene rings is 2. The van der Waals surface area contributed by atoms with Crippen molar-refractivity contribution in [2.75, 3.05) is 12.4 Å². The maximum absolute atomic E-state index is 13.0. The molecule has 0 aliphatic rings. The van der Waals surface area contributed by atoms with Crippen LogP contribution >= 0.6 is 23.2 Å². The van der Waals surface area contributed by atoms with Gasteiger partial charge in [0.2, 0.25) is 5.91 Å². The molecule has 122 valence electrons. The average molecular weight is 355 g/mol. The van der Waals surface area contributed by atoms with E-state index in [0.717, 1.165) is 11.6 Å². The fourth-order valence-corrected chi connectivity index (χ4v) is 2.52. The molecule has 2 aromatic carbocycles. The van der Waals surface area contributed by atoms with E-state index in [1.165, 1.54) is 12.1 Å². The van der Waals surface area contributed by atoms with Gasteiger partial charge >= 0.3 is 0 Å². The van der Waals surface area contributed by atoms with Crippen molar-refractivity contribution in [3.63, 3.8) is 0 Å². The number of nitrogens with one attached hydrogen (secondary N) is 1. The van der Waals surface area contributed by atoms with E-state index in [2.05, 4.69) is 5.32 Å². The van der Waals surface area contributed by atoms with Gasteiger partial charge in [-0.2, -0.15) is 0 Å². The van der Waals surface area contributed by atoms with Gasteiger partial charge in [-0.1, -0.05) is 35.3 Å². The minimum atomic E-state index is -0.445. The van der Waals surface area contributed by atoms with Crippen LogP contribution in [-0.2, 0) is 11.3 Å². The van der Waals surface area contributed by atoms with Crippen LogP contribution in [0.5, 0.6) is 0 Å². The summed E-state index contributed by atoms with van der Waals surface area (Å²) in [6, 6.07) is 10.9. The minimum Gasteiger partial charge on any atom is -0.323 e. The molecule has 23 heavy (non-hydrogen) atoms. The van der Waals surface area contributed by atoms with Crippen molar-refractivity contribution in [1.82, 2.24) is 4.90 Å². The number of hydrogen-bond acceptors (Lipinski definition) is 2. The third kappa shape index (κ3) is 4.93. The largest absolute Gasteiger partial charge is 0.323 e. The minimum absolute atomic E-state index is 0.169. The Labute approximate surface area is 145 Å². The van der Waals surface area contributed by atoms with E-state index in [-0.39, 0.29) is 10.9 Å². The average Bonchev–Trinajstić information content (AvgIpc) is 2.49. The molecular formula is C17H17Cl2FN2O. The van der Waals surface area contributed by atoms with Gasteiger partial charge in [0, 0.05) is 11.6 Å². The molecule has 0 radical (unpaired) electrons. The number of carbonyl (C=O) groups excluding carboxylic acids is 1. The number of rotatable bonds is 5. The molecule has 0 aliphatic heterocycles. The highest BCUT2D eigenvalue weighted by Gasteiger charge is 2.19. The van der Waals surface area contributed by atoms with Crippen LogP contribution in [0.4, 0.5) is 10.1 Å². The number of hydrogen-bond donors (Lipinski definition) is 1. The zero-order valence-electron chi connectivity index (χ0n) is 12.8. The molecule has 0 aromatic heterocycles. The fourth-order valence-electron chi connectivity index (χ4n) is 2.09. The first-order valence-electron chi connectivity index (χ1n) is 7.07. The van der Waals surface area contributed by atoms with E-state index in [9.17, 15) is 9.18 Å². The van der Waals surface area contributed by atoms with Crippen molar-refractivity contribution < 1.29 is 9.18 Å². The Balaban J connectivity index is 2.01. The molecule has 2 aromatic rings. The molecule has 6 heteroatoms. The van der Waals surface area contributed by atoms with Crippen LogP contribution in [0.25, 0.3) is 0 Å². The molecule has 0 saturated heterocycles. The van der Waals surface area contributed by atoms with Crippen LogP contribution in [0.1, 0.15) is 12.5 Å². The van der Waals surface area contributed by atoms with Gasteiger partial charge in [-0.05, 0) is 49.9 Å². The molecule has 0 aliphatic carbocycles. The number of halogens is 3. The van der Waals surface area contributed by atoms with Gasteiger partial charge in [0.1, 0.15) is 5.82 Å². The van der Waals surface area contributed by atoms with Crippen molar-refractivity contribution in [3.05, 3.63) is 63.9 Å². The second-order valence-corrected chi connectivity index (χ2v) is 6.18. The van der Waals surface area contributed by atoms with E-state index in [1.807, 2.05) is 30.1 Å². The highest BCUT2D eigenvalue weighted by Crippen LogP contribution is 2.23. The normalized spacial score (nSPS) is 12.3. The standard InChI is InChI=1S/C17H17Cl2FN2O/c1-11(22(2)10-12-4-3-5-13(18)8-12)17(23)21-16-7-6-14(20)9-15(16)19/h3-9,11H,10H2,1-2H3,(H,21,23). The zero-order valence-corrected chi connectivity index (χ0v) is 14.3. The molecule has 1 N–H and O–H groups in total. The molecule has 1 unspecified atom stereocenters. The van der Waals surface area contributed by atoms with Crippen LogP contribution in [0.15, 0.2) is 42.5 Å². The molecule has 0 saturated carbocycles. The molecule has 1 atom stereocenters. The van der Waals surface area contributed by atoms with Gasteiger partial charge in [-0.25, -0.2) is 4.39 Å². The first-order valence-corrected chi connectivity index (χ1v) is 7.83. The Kier molecular flexibility index (Phi) is 5.99. The molecule has 0 heterocycles. The lowest BCUT2D eigenvalue weighted by molar-refractivity contribution is -0.120. The maximum atomic E-state index is 13.0. The molecule has 1 amide bonds. The maximum Gasteiger partial charge on any atom is 0.241 e. The second kappa shape index (κ2) is 7.77. The van der Waals surface area contributed by atoms with Crippen molar-refractivity contribution in [2.45, 2.75) is 19.5 Å². The SMILES string of the molecule is CC(C(=O)Nc1ccc(F)cc1Cl)N(C)Cc1cccc(Cl)c1. The highest BCUT2D eigenvalue weighted by atomic mass is 35.5. The summed E-state index contributed by atoms with van der Waals surface area (Å²) in [7, 11) is 1.84. The Bertz CT molecular complexity index is 709. The third-order valence-electron chi connectivity index (χ3n) is 3.55. The van der Waals surface area contributed by atoms with Gasteiger partial charge in [0.25, 0.3) is 0 Å². The molecule has 2 rings (SSSR count). The Morgan fingerprint density at radius 1 is 1.26 bits per heavy atom. The summed E-state index contributed by atoms with van der Waals surface area (Å²) in [6.07, 6.45) is 0. The van der Waals surface area contributed by atoms with Crippen LogP contribution in [-0.4, -0.2) is 23.9 Å². The lowest BCUT2D eigenvalue weighted by Crippen LogP contribution is -2.39. The van der Waals surface area contributed by atoms with E-state index >= 15 is 0 Å². The van der Waals surface area contributed by atoms with Crippen LogP contribution in [0.3, 0.4) is 0 Å². The number of nitrogens with zero attached hydrogens (tertiary/aromatic N) is 1. The highest BCUT2D eigenvalue weighted by molar-refractivity contribution is 6.33. The fraction of sp³-hybridized carbons (Fsp3) is 0.235. The number of amides is 1. The number of anilines is 1. The molecule has 3 nitrogen and oxygen atoms in total. The Hall–Kier alpha value is -1.62. The number of carbonyl (C=O) groups is 1. The predicted molar refractivity (Wildman–Crippen MR) is 92.4 cm³/mol. The summed E-state index contributed by atoms with van der Waals surface area (Å²) >= 11 is 11.9. The quantitative estimate of drug-likeness (QED) is 0.851. The van der Waals surface area contributed by atoms with Gasteiger partial charge in [-0.15, -0.1) is 0 Å². The Morgan fingerprint density at radius 2 is 2.00 bits per heavy atom. The van der Waals surface area contributed by atoms with Crippen LogP contribution < -0.4 is 5.32 Å². The van der Waals surface area contributed by atoms with Crippen molar-refractivity contribution in [1.29, 1.82) is 0 Å². The lowest BCUT2D eigenvalue weighted by atomic mass is 10.2. The summed E-state index contributed by atoms with van der Waals surface area (Å²) in [5.74, 6) is -0.665. The molecular weight excluding hydrogens is 338 g/mol. The van der Waals surface area contributed by atoms with Gasteiger partial charge in [0.05, 0.1) is 16.8 Å². The third-order valence-corrected chi connectivity index (χ3v) is 4.10. The summed E-state index contributed by atoms with van der Waals surface area (Å²) in [4.78, 5) is 14.2. The monoisotopic (exact) mass is 354 g/mol. The van der Waals surface area contributed by atoms with E-state index < -0.39 is 11.9 Å². The zero-order chi connectivity index (χ0) is 17.0. The first kappa shape index (κ1) is 17.7. The van der Waals surface area contributed by atoms with E-state index in [1.54, 1.807) is 13.0 Å². The number of likely N-dealkylation sites (N-methyl/N-ethyl adjacent to an activating group) is 1. The first-order chi connectivity index (χ1) is 10.9. The lowest BCUT2D eigenvalue weighted by Gasteiger charge is -2.24. The van der Waals surface area contributed by atoms with E-state index in [0.29, 0.717) is 17.3 Å². The van der Waals surface area contributed by atoms with Crippen molar-refractivity contribution in [2.24, 2.45) is 0 Å². The summed E-state index contributed by atoms with van der Waals surface area (Å²) in [6.45, 7) is 2.36. The molecule has 0 spiro atoms. The van der Waals surface area contributed by atoms with Crippen LogP contribution in [0.2, 0.25) is 10.0 Å².